The van der Waals surface area contributed by atoms with Crippen molar-refractivity contribution in [2.75, 3.05) is 11.5 Å². The standard InChI is InChI=1S/C10H9ClFN5S/c11-6-2-1-5(3-7(6)12)4-18-10-16-8(13)15-9(14)17-10/h1-3H,4H2,(H4,13,14,15,16,17). The summed E-state index contributed by atoms with van der Waals surface area (Å²) in [5, 5.41) is 0.493. The van der Waals surface area contributed by atoms with E-state index in [1.54, 1.807) is 6.07 Å². The molecule has 0 radical (unpaired) electrons. The van der Waals surface area contributed by atoms with E-state index < -0.39 is 5.82 Å². The van der Waals surface area contributed by atoms with Crippen molar-refractivity contribution in [1.29, 1.82) is 0 Å². The van der Waals surface area contributed by atoms with E-state index in [4.69, 9.17) is 23.1 Å². The number of halogens is 2. The third-order valence-electron chi connectivity index (χ3n) is 2.00. The smallest absolute Gasteiger partial charge is 0.225 e. The van der Waals surface area contributed by atoms with Crippen molar-refractivity contribution in [2.45, 2.75) is 10.9 Å². The molecule has 0 bridgehead atoms. The number of nitrogens with zero attached hydrogens (tertiary/aromatic N) is 3. The molecule has 0 aliphatic heterocycles. The maximum atomic E-state index is 13.2. The van der Waals surface area contributed by atoms with E-state index in [0.717, 1.165) is 5.56 Å². The summed E-state index contributed by atoms with van der Waals surface area (Å²) in [5.74, 6) is 0.154. The van der Waals surface area contributed by atoms with E-state index in [-0.39, 0.29) is 16.9 Å². The fourth-order valence-electron chi connectivity index (χ4n) is 1.23. The maximum absolute atomic E-state index is 13.2. The van der Waals surface area contributed by atoms with Crippen molar-refractivity contribution in [1.82, 2.24) is 15.0 Å². The molecule has 8 heteroatoms. The van der Waals surface area contributed by atoms with Crippen molar-refractivity contribution in [3.63, 3.8) is 0 Å². The van der Waals surface area contributed by atoms with Crippen LogP contribution in [0.1, 0.15) is 5.56 Å². The molecule has 0 aliphatic carbocycles. The van der Waals surface area contributed by atoms with E-state index in [9.17, 15) is 4.39 Å². The number of aromatic nitrogens is 3. The molecule has 2 rings (SSSR count). The highest BCUT2D eigenvalue weighted by Gasteiger charge is 2.05. The first-order valence-electron chi connectivity index (χ1n) is 4.88. The van der Waals surface area contributed by atoms with Crippen LogP contribution in [-0.2, 0) is 5.75 Å². The fourth-order valence-corrected chi connectivity index (χ4v) is 2.14. The average molecular weight is 286 g/mol. The van der Waals surface area contributed by atoms with Crippen LogP contribution in [0.25, 0.3) is 0 Å². The summed E-state index contributed by atoms with van der Waals surface area (Å²) in [6, 6.07) is 4.60. The van der Waals surface area contributed by atoms with Gasteiger partial charge >= 0.3 is 0 Å². The zero-order valence-electron chi connectivity index (χ0n) is 9.10. The minimum absolute atomic E-state index is 0.0623. The number of nitrogens with two attached hydrogens (primary N) is 2. The number of hydrogen-bond acceptors (Lipinski definition) is 6. The lowest BCUT2D eigenvalue weighted by molar-refractivity contribution is 0.627. The zero-order chi connectivity index (χ0) is 13.1. The van der Waals surface area contributed by atoms with Gasteiger partial charge in [-0.2, -0.15) is 15.0 Å². The van der Waals surface area contributed by atoms with Crippen LogP contribution in [0.15, 0.2) is 23.4 Å². The van der Waals surface area contributed by atoms with Crippen LogP contribution in [0.5, 0.6) is 0 Å². The Kier molecular flexibility index (Phi) is 3.83. The van der Waals surface area contributed by atoms with Crippen molar-refractivity contribution < 1.29 is 4.39 Å². The molecule has 18 heavy (non-hydrogen) atoms. The average Bonchev–Trinajstić information content (AvgIpc) is 2.29. The Hall–Kier alpha value is -1.60. The van der Waals surface area contributed by atoms with Gasteiger partial charge < -0.3 is 11.5 Å². The van der Waals surface area contributed by atoms with Crippen molar-refractivity contribution >= 4 is 35.3 Å². The molecular weight excluding hydrogens is 277 g/mol. The highest BCUT2D eigenvalue weighted by Crippen LogP contribution is 2.23. The Morgan fingerprint density at radius 3 is 2.44 bits per heavy atom. The maximum Gasteiger partial charge on any atom is 0.225 e. The van der Waals surface area contributed by atoms with Crippen LogP contribution in [0.3, 0.4) is 0 Å². The first-order chi connectivity index (χ1) is 8.54. The Morgan fingerprint density at radius 1 is 1.17 bits per heavy atom. The Labute approximate surface area is 112 Å². The van der Waals surface area contributed by atoms with Gasteiger partial charge in [0.2, 0.25) is 11.9 Å². The zero-order valence-corrected chi connectivity index (χ0v) is 10.7. The third-order valence-corrected chi connectivity index (χ3v) is 3.23. The molecule has 0 fully saturated rings. The first-order valence-corrected chi connectivity index (χ1v) is 6.24. The minimum Gasteiger partial charge on any atom is -0.368 e. The number of nitrogen functional groups attached to an aromatic ring is 2. The number of benzene rings is 1. The van der Waals surface area contributed by atoms with Gasteiger partial charge in [0.05, 0.1) is 5.02 Å². The topological polar surface area (TPSA) is 90.7 Å². The molecule has 0 spiro atoms. The molecule has 1 heterocycles. The first kappa shape index (κ1) is 12.8. The molecule has 2 aromatic rings. The molecule has 1 aromatic carbocycles. The summed E-state index contributed by atoms with van der Waals surface area (Å²) in [5.41, 5.74) is 11.6. The van der Waals surface area contributed by atoms with E-state index in [1.165, 1.54) is 23.9 Å². The molecule has 4 N–H and O–H groups in total. The summed E-state index contributed by atoms with van der Waals surface area (Å²) in [6.07, 6.45) is 0. The van der Waals surface area contributed by atoms with Gasteiger partial charge in [0.1, 0.15) is 5.82 Å². The number of anilines is 2. The van der Waals surface area contributed by atoms with Gasteiger partial charge in [0, 0.05) is 5.75 Å². The fraction of sp³-hybridized carbons (Fsp3) is 0.100. The summed E-state index contributed by atoms with van der Waals surface area (Å²) >= 11 is 6.88. The molecule has 0 atom stereocenters. The molecule has 0 saturated heterocycles. The summed E-state index contributed by atoms with van der Waals surface area (Å²) in [7, 11) is 0. The van der Waals surface area contributed by atoms with E-state index in [0.29, 0.717) is 10.9 Å². The van der Waals surface area contributed by atoms with Gasteiger partial charge in [-0.05, 0) is 17.7 Å². The molecular formula is C10H9ClFN5S. The van der Waals surface area contributed by atoms with Gasteiger partial charge in [0.25, 0.3) is 0 Å². The van der Waals surface area contributed by atoms with Crippen LogP contribution in [0, 0.1) is 5.82 Å². The lowest BCUT2D eigenvalue weighted by Gasteiger charge is -2.03. The molecule has 5 nitrogen and oxygen atoms in total. The van der Waals surface area contributed by atoms with E-state index in [1.807, 2.05) is 0 Å². The number of rotatable bonds is 3. The van der Waals surface area contributed by atoms with E-state index >= 15 is 0 Å². The molecule has 0 aliphatic rings. The lowest BCUT2D eigenvalue weighted by atomic mass is 10.2. The summed E-state index contributed by atoms with van der Waals surface area (Å²) in [6.45, 7) is 0. The highest BCUT2D eigenvalue weighted by molar-refractivity contribution is 7.98. The minimum atomic E-state index is -0.454. The molecule has 94 valence electrons. The van der Waals surface area contributed by atoms with Gasteiger partial charge in [-0.1, -0.05) is 29.4 Å². The monoisotopic (exact) mass is 285 g/mol. The Bertz CT molecular complexity index is 560. The predicted molar refractivity (Wildman–Crippen MR) is 69.6 cm³/mol. The second-order valence-corrected chi connectivity index (χ2v) is 4.72. The molecule has 0 amide bonds. The molecule has 0 saturated carbocycles. The second-order valence-electron chi connectivity index (χ2n) is 3.37. The lowest BCUT2D eigenvalue weighted by Crippen LogP contribution is -2.03. The molecule has 1 aromatic heterocycles. The molecule has 0 unspecified atom stereocenters. The number of hydrogen-bond donors (Lipinski definition) is 2. The summed E-state index contributed by atoms with van der Waals surface area (Å²) < 4.78 is 13.2. The summed E-state index contributed by atoms with van der Waals surface area (Å²) in [4.78, 5) is 11.5. The van der Waals surface area contributed by atoms with Crippen LogP contribution in [-0.4, -0.2) is 15.0 Å². The van der Waals surface area contributed by atoms with E-state index in [2.05, 4.69) is 15.0 Å². The van der Waals surface area contributed by atoms with Gasteiger partial charge in [-0.15, -0.1) is 0 Å². The SMILES string of the molecule is Nc1nc(N)nc(SCc2ccc(Cl)c(F)c2)n1. The number of thioether (sulfide) groups is 1. The highest BCUT2D eigenvalue weighted by atomic mass is 35.5. The normalized spacial score (nSPS) is 10.6. The Morgan fingerprint density at radius 2 is 1.83 bits per heavy atom. The van der Waals surface area contributed by atoms with Crippen LogP contribution in [0.2, 0.25) is 5.02 Å². The predicted octanol–water partition coefficient (Wildman–Crippen LogP) is 2.12. The van der Waals surface area contributed by atoms with Gasteiger partial charge in [-0.3, -0.25) is 0 Å². The van der Waals surface area contributed by atoms with Gasteiger partial charge in [-0.25, -0.2) is 4.39 Å². The van der Waals surface area contributed by atoms with Crippen LogP contribution < -0.4 is 11.5 Å². The van der Waals surface area contributed by atoms with Gasteiger partial charge in [0.15, 0.2) is 5.16 Å². The quantitative estimate of drug-likeness (QED) is 0.840. The van der Waals surface area contributed by atoms with Crippen molar-refractivity contribution in [3.05, 3.63) is 34.6 Å². The Balaban J connectivity index is 2.08. The van der Waals surface area contributed by atoms with Crippen molar-refractivity contribution in [2.24, 2.45) is 0 Å². The second kappa shape index (κ2) is 5.36. The van der Waals surface area contributed by atoms with Crippen LogP contribution >= 0.6 is 23.4 Å². The third kappa shape index (κ3) is 3.21. The largest absolute Gasteiger partial charge is 0.368 e. The van der Waals surface area contributed by atoms with Crippen LogP contribution in [0.4, 0.5) is 16.3 Å². The van der Waals surface area contributed by atoms with Crippen molar-refractivity contribution in [3.8, 4) is 0 Å².